The maximum atomic E-state index is 6.05. The molecular weight excluding hydrogens is 236 g/mol. The van der Waals surface area contributed by atoms with Crippen molar-refractivity contribution in [2.45, 2.75) is 0 Å². The van der Waals surface area contributed by atoms with Gasteiger partial charge in [0.15, 0.2) is 0 Å². The third-order valence-corrected chi connectivity index (χ3v) is 3.15. The second-order valence-corrected chi connectivity index (χ2v) is 4.34. The van der Waals surface area contributed by atoms with Gasteiger partial charge in [-0.25, -0.2) is 4.98 Å². The lowest BCUT2D eigenvalue weighted by atomic mass is 10.0. The number of hydrogen-bond donors (Lipinski definition) is 1. The van der Waals surface area contributed by atoms with E-state index in [1.165, 1.54) is 0 Å². The summed E-state index contributed by atoms with van der Waals surface area (Å²) in [4.78, 5) is 4.44. The first kappa shape index (κ1) is 11.5. The van der Waals surface area contributed by atoms with Gasteiger partial charge in [-0.2, -0.15) is 0 Å². The fourth-order valence-corrected chi connectivity index (χ4v) is 2.13. The second-order valence-electron chi connectivity index (χ2n) is 4.34. The van der Waals surface area contributed by atoms with Crippen LogP contribution in [0.15, 0.2) is 54.6 Å². The normalized spacial score (nSPS) is 10.6. The van der Waals surface area contributed by atoms with Gasteiger partial charge in [0.2, 0.25) is 0 Å². The Kier molecular flexibility index (Phi) is 2.80. The largest absolute Gasteiger partial charge is 0.497 e. The first-order valence-corrected chi connectivity index (χ1v) is 6.07. The summed E-state index contributed by atoms with van der Waals surface area (Å²) in [5, 5.41) is 1.09. The number of rotatable bonds is 2. The first-order valence-electron chi connectivity index (χ1n) is 6.07. The van der Waals surface area contributed by atoms with E-state index < -0.39 is 0 Å². The fraction of sp³-hybridized carbons (Fsp3) is 0.0625. The van der Waals surface area contributed by atoms with E-state index in [9.17, 15) is 0 Å². The fourth-order valence-electron chi connectivity index (χ4n) is 2.13. The number of aromatic nitrogens is 1. The minimum atomic E-state index is 0.545. The van der Waals surface area contributed by atoms with Gasteiger partial charge in [0, 0.05) is 10.9 Å². The maximum absolute atomic E-state index is 6.05. The predicted molar refractivity (Wildman–Crippen MR) is 78.1 cm³/mol. The maximum Gasteiger partial charge on any atom is 0.131 e. The Balaban J connectivity index is 2.15. The molecule has 94 valence electrons. The standard InChI is InChI=1S/C16H14N2O/c1-19-13-8-6-11(7-9-13)14-10-12-4-2-3-5-15(12)18-16(14)17/h2-10H,1H3,(H2,17,18). The van der Waals surface area contributed by atoms with E-state index >= 15 is 0 Å². The van der Waals surface area contributed by atoms with Gasteiger partial charge in [-0.05, 0) is 29.8 Å². The molecule has 2 N–H and O–H groups in total. The summed E-state index contributed by atoms with van der Waals surface area (Å²) in [7, 11) is 1.65. The van der Waals surface area contributed by atoms with Gasteiger partial charge in [-0.1, -0.05) is 30.3 Å². The molecule has 0 unspecified atom stereocenters. The van der Waals surface area contributed by atoms with Crippen LogP contribution in [0.3, 0.4) is 0 Å². The first-order chi connectivity index (χ1) is 9.28. The molecule has 3 rings (SSSR count). The van der Waals surface area contributed by atoms with E-state index in [4.69, 9.17) is 10.5 Å². The minimum absolute atomic E-state index is 0.545. The van der Waals surface area contributed by atoms with Gasteiger partial charge < -0.3 is 10.5 Å². The number of ether oxygens (including phenoxy) is 1. The average molecular weight is 250 g/mol. The van der Waals surface area contributed by atoms with Crippen LogP contribution in [0.1, 0.15) is 0 Å². The van der Waals surface area contributed by atoms with Crippen molar-refractivity contribution in [1.82, 2.24) is 4.98 Å². The Morgan fingerprint density at radius 3 is 2.47 bits per heavy atom. The number of nitrogen functional groups attached to an aromatic ring is 1. The number of anilines is 1. The SMILES string of the molecule is COc1ccc(-c2cc3ccccc3nc2N)cc1. The third-order valence-electron chi connectivity index (χ3n) is 3.15. The van der Waals surface area contributed by atoms with Crippen LogP contribution in [0.2, 0.25) is 0 Å². The number of nitrogens with two attached hydrogens (primary N) is 1. The van der Waals surface area contributed by atoms with Crippen molar-refractivity contribution in [1.29, 1.82) is 0 Å². The van der Waals surface area contributed by atoms with Crippen LogP contribution >= 0.6 is 0 Å². The summed E-state index contributed by atoms with van der Waals surface area (Å²) in [6.07, 6.45) is 0. The highest BCUT2D eigenvalue weighted by atomic mass is 16.5. The van der Waals surface area contributed by atoms with Crippen LogP contribution in [-0.2, 0) is 0 Å². The monoisotopic (exact) mass is 250 g/mol. The Labute approximate surface area is 111 Å². The zero-order valence-corrected chi connectivity index (χ0v) is 10.6. The Morgan fingerprint density at radius 2 is 1.74 bits per heavy atom. The van der Waals surface area contributed by atoms with Crippen LogP contribution < -0.4 is 10.5 Å². The van der Waals surface area contributed by atoms with Crippen molar-refractivity contribution >= 4 is 16.7 Å². The molecule has 19 heavy (non-hydrogen) atoms. The molecule has 3 nitrogen and oxygen atoms in total. The molecule has 0 aliphatic carbocycles. The molecule has 0 spiro atoms. The lowest BCUT2D eigenvalue weighted by molar-refractivity contribution is 0.415. The van der Waals surface area contributed by atoms with E-state index in [0.717, 1.165) is 27.8 Å². The highest BCUT2D eigenvalue weighted by molar-refractivity contribution is 5.88. The van der Waals surface area contributed by atoms with Crippen LogP contribution in [0.25, 0.3) is 22.0 Å². The van der Waals surface area contributed by atoms with Crippen molar-refractivity contribution in [2.24, 2.45) is 0 Å². The zero-order chi connectivity index (χ0) is 13.2. The summed E-state index contributed by atoms with van der Waals surface area (Å²) in [6, 6.07) is 17.8. The molecule has 0 fully saturated rings. The molecule has 1 aromatic heterocycles. The average Bonchev–Trinajstić information content (AvgIpc) is 2.47. The summed E-state index contributed by atoms with van der Waals surface area (Å²) >= 11 is 0. The number of hydrogen-bond acceptors (Lipinski definition) is 3. The number of para-hydroxylation sites is 1. The van der Waals surface area contributed by atoms with Crippen LogP contribution in [-0.4, -0.2) is 12.1 Å². The highest BCUT2D eigenvalue weighted by Gasteiger charge is 2.06. The third kappa shape index (κ3) is 2.10. The molecule has 2 aromatic carbocycles. The molecule has 3 aromatic rings. The van der Waals surface area contributed by atoms with Crippen molar-refractivity contribution in [2.75, 3.05) is 12.8 Å². The lowest BCUT2D eigenvalue weighted by Gasteiger charge is -2.08. The van der Waals surface area contributed by atoms with Crippen molar-refractivity contribution in [3.63, 3.8) is 0 Å². The zero-order valence-electron chi connectivity index (χ0n) is 10.6. The Hall–Kier alpha value is -2.55. The molecular formula is C16H14N2O. The molecule has 0 radical (unpaired) electrons. The number of nitrogens with zero attached hydrogens (tertiary/aromatic N) is 1. The molecule has 3 heteroatoms. The van der Waals surface area contributed by atoms with E-state index in [1.54, 1.807) is 7.11 Å². The topological polar surface area (TPSA) is 48.1 Å². The molecule has 0 amide bonds. The number of fused-ring (bicyclic) bond motifs is 1. The predicted octanol–water partition coefficient (Wildman–Crippen LogP) is 3.49. The van der Waals surface area contributed by atoms with Crippen molar-refractivity contribution in [3.8, 4) is 16.9 Å². The molecule has 0 aliphatic rings. The number of pyridine rings is 1. The molecule has 0 bridgehead atoms. The van der Waals surface area contributed by atoms with E-state index in [2.05, 4.69) is 11.1 Å². The van der Waals surface area contributed by atoms with Crippen molar-refractivity contribution in [3.05, 3.63) is 54.6 Å². The molecule has 1 heterocycles. The van der Waals surface area contributed by atoms with E-state index in [-0.39, 0.29) is 0 Å². The van der Waals surface area contributed by atoms with E-state index in [1.807, 2.05) is 48.5 Å². The summed E-state index contributed by atoms with van der Waals surface area (Å²) in [5.41, 5.74) is 8.95. The van der Waals surface area contributed by atoms with Crippen LogP contribution in [0.4, 0.5) is 5.82 Å². The second kappa shape index (κ2) is 4.61. The lowest BCUT2D eigenvalue weighted by Crippen LogP contribution is -1.95. The van der Waals surface area contributed by atoms with E-state index in [0.29, 0.717) is 5.82 Å². The molecule has 0 saturated carbocycles. The van der Waals surface area contributed by atoms with Crippen LogP contribution in [0, 0.1) is 0 Å². The molecule has 0 atom stereocenters. The highest BCUT2D eigenvalue weighted by Crippen LogP contribution is 2.29. The van der Waals surface area contributed by atoms with Gasteiger partial charge in [-0.3, -0.25) is 0 Å². The summed E-state index contributed by atoms with van der Waals surface area (Å²) in [5.74, 6) is 1.37. The number of methoxy groups -OCH3 is 1. The summed E-state index contributed by atoms with van der Waals surface area (Å²) < 4.78 is 5.16. The smallest absolute Gasteiger partial charge is 0.131 e. The van der Waals surface area contributed by atoms with Gasteiger partial charge in [-0.15, -0.1) is 0 Å². The Morgan fingerprint density at radius 1 is 1.00 bits per heavy atom. The van der Waals surface area contributed by atoms with Gasteiger partial charge in [0.25, 0.3) is 0 Å². The molecule has 0 aliphatic heterocycles. The molecule has 0 saturated heterocycles. The van der Waals surface area contributed by atoms with Crippen LogP contribution in [0.5, 0.6) is 5.75 Å². The minimum Gasteiger partial charge on any atom is -0.497 e. The number of benzene rings is 2. The quantitative estimate of drug-likeness (QED) is 0.757. The van der Waals surface area contributed by atoms with Gasteiger partial charge in [0.1, 0.15) is 11.6 Å². The van der Waals surface area contributed by atoms with Gasteiger partial charge >= 0.3 is 0 Å². The summed E-state index contributed by atoms with van der Waals surface area (Å²) in [6.45, 7) is 0. The Bertz CT molecular complexity index is 720. The van der Waals surface area contributed by atoms with Crippen molar-refractivity contribution < 1.29 is 4.74 Å². The van der Waals surface area contributed by atoms with Gasteiger partial charge in [0.05, 0.1) is 12.6 Å².